The number of hydrogen-bond acceptors (Lipinski definition) is 6. The molecule has 0 radical (unpaired) electrons. The van der Waals surface area contributed by atoms with Crippen LogP contribution < -0.4 is 9.47 Å². The van der Waals surface area contributed by atoms with Gasteiger partial charge in [-0.2, -0.15) is 0 Å². The van der Waals surface area contributed by atoms with E-state index < -0.39 is 17.8 Å². The Morgan fingerprint density at radius 2 is 1.34 bits per heavy atom. The molecule has 0 spiro atoms. The van der Waals surface area contributed by atoms with Gasteiger partial charge in [-0.05, 0) is 35.4 Å². The molecule has 0 N–H and O–H groups in total. The number of methoxy groups -OCH3 is 2. The third-order valence-corrected chi connectivity index (χ3v) is 3.75. The van der Waals surface area contributed by atoms with E-state index in [-0.39, 0.29) is 30.1 Å². The summed E-state index contributed by atoms with van der Waals surface area (Å²) in [4.78, 5) is 23.6. The lowest BCUT2D eigenvalue weighted by molar-refractivity contribution is -0.131. The second-order valence-electron chi connectivity index (χ2n) is 6.02. The third kappa shape index (κ3) is 6.10. The molecule has 2 rings (SSSR count). The molecule has 0 heterocycles. The Morgan fingerprint density at radius 3 is 1.86 bits per heavy atom. The standard InChI is InChI=1S/C22H21FO6/c1-14(12-26-3)21(24)28-18-8-5-16(6-9-18)17-7-10-20(19(23)11-17)29-22(25)15(2)13-27-4/h5-11H,1-2,12-13H2,3-4H3. The molecule has 7 heteroatoms. The van der Waals surface area contributed by atoms with Crippen LogP contribution in [0.15, 0.2) is 66.8 Å². The number of carbonyl (C=O) groups excluding carboxylic acids is 2. The summed E-state index contributed by atoms with van der Waals surface area (Å²) in [7, 11) is 2.87. The number of hydrogen-bond donors (Lipinski definition) is 0. The number of rotatable bonds is 9. The SMILES string of the molecule is C=C(COC)C(=O)Oc1ccc(-c2ccc(OC(=O)C(=C)COC)c(F)c2)cc1. The molecule has 0 atom stereocenters. The van der Waals surface area contributed by atoms with E-state index in [4.69, 9.17) is 18.9 Å². The first-order valence-electron chi connectivity index (χ1n) is 8.53. The van der Waals surface area contributed by atoms with Gasteiger partial charge in [-0.1, -0.05) is 31.4 Å². The van der Waals surface area contributed by atoms with Crippen LogP contribution in [0, 0.1) is 5.82 Å². The molecule has 0 aliphatic carbocycles. The lowest BCUT2D eigenvalue weighted by Crippen LogP contribution is -2.14. The first kappa shape index (κ1) is 22.0. The van der Waals surface area contributed by atoms with E-state index in [2.05, 4.69) is 13.2 Å². The van der Waals surface area contributed by atoms with Crippen molar-refractivity contribution in [3.8, 4) is 22.6 Å². The number of benzene rings is 2. The highest BCUT2D eigenvalue weighted by Gasteiger charge is 2.14. The molecule has 2 aromatic rings. The van der Waals surface area contributed by atoms with Gasteiger partial charge >= 0.3 is 11.9 Å². The van der Waals surface area contributed by atoms with Crippen molar-refractivity contribution in [2.45, 2.75) is 0 Å². The summed E-state index contributed by atoms with van der Waals surface area (Å²) in [5.41, 5.74) is 1.51. The fraction of sp³-hybridized carbons (Fsp3) is 0.182. The second-order valence-corrected chi connectivity index (χ2v) is 6.02. The predicted octanol–water partition coefficient (Wildman–Crippen LogP) is 3.71. The molecule has 0 amide bonds. The van der Waals surface area contributed by atoms with Gasteiger partial charge < -0.3 is 18.9 Å². The summed E-state index contributed by atoms with van der Waals surface area (Å²) in [5, 5.41) is 0. The van der Waals surface area contributed by atoms with Crippen LogP contribution in [-0.4, -0.2) is 39.4 Å². The van der Waals surface area contributed by atoms with Gasteiger partial charge in [0.15, 0.2) is 11.6 Å². The van der Waals surface area contributed by atoms with Crippen molar-refractivity contribution in [1.29, 1.82) is 0 Å². The average molecular weight is 400 g/mol. The van der Waals surface area contributed by atoms with Gasteiger partial charge in [0.2, 0.25) is 0 Å². The molecule has 6 nitrogen and oxygen atoms in total. The van der Waals surface area contributed by atoms with Gasteiger partial charge in [0.05, 0.1) is 24.4 Å². The number of ether oxygens (including phenoxy) is 4. The zero-order valence-corrected chi connectivity index (χ0v) is 16.2. The van der Waals surface area contributed by atoms with Crippen molar-refractivity contribution in [3.63, 3.8) is 0 Å². The van der Waals surface area contributed by atoms with Gasteiger partial charge in [-0.15, -0.1) is 0 Å². The Labute approximate surface area is 168 Å². The van der Waals surface area contributed by atoms with Crippen molar-refractivity contribution >= 4 is 11.9 Å². The molecule has 0 aliphatic rings. The lowest BCUT2D eigenvalue weighted by Gasteiger charge is -2.09. The molecule has 0 aliphatic heterocycles. The normalized spacial score (nSPS) is 10.3. The quantitative estimate of drug-likeness (QED) is 0.363. The van der Waals surface area contributed by atoms with Crippen LogP contribution in [0.2, 0.25) is 0 Å². The fourth-order valence-corrected chi connectivity index (χ4v) is 2.30. The van der Waals surface area contributed by atoms with E-state index in [0.717, 1.165) is 0 Å². The van der Waals surface area contributed by atoms with Crippen LogP contribution in [0.5, 0.6) is 11.5 Å². The van der Waals surface area contributed by atoms with E-state index in [9.17, 15) is 14.0 Å². The van der Waals surface area contributed by atoms with Crippen LogP contribution >= 0.6 is 0 Å². The van der Waals surface area contributed by atoms with Crippen LogP contribution in [0.1, 0.15) is 0 Å². The second kappa shape index (κ2) is 10.3. The minimum absolute atomic E-state index is 0.00568. The smallest absolute Gasteiger partial charge is 0.341 e. The molecular formula is C22H21FO6. The Bertz CT molecular complexity index is 917. The number of esters is 2. The molecule has 0 fully saturated rings. The van der Waals surface area contributed by atoms with E-state index in [1.165, 1.54) is 26.4 Å². The zero-order valence-electron chi connectivity index (χ0n) is 16.2. The van der Waals surface area contributed by atoms with Crippen molar-refractivity contribution < 1.29 is 32.9 Å². The highest BCUT2D eigenvalue weighted by Crippen LogP contribution is 2.27. The molecule has 0 saturated heterocycles. The minimum Gasteiger partial charge on any atom is -0.423 e. The van der Waals surface area contributed by atoms with Crippen molar-refractivity contribution in [2.24, 2.45) is 0 Å². The molecule has 0 unspecified atom stereocenters. The molecule has 2 aromatic carbocycles. The summed E-state index contributed by atoms with van der Waals surface area (Å²) < 4.78 is 34.1. The van der Waals surface area contributed by atoms with Crippen molar-refractivity contribution in [3.05, 3.63) is 72.6 Å². The lowest BCUT2D eigenvalue weighted by atomic mass is 10.1. The maximum absolute atomic E-state index is 14.3. The summed E-state index contributed by atoms with van der Waals surface area (Å²) >= 11 is 0. The monoisotopic (exact) mass is 400 g/mol. The van der Waals surface area contributed by atoms with Gasteiger partial charge in [0, 0.05) is 14.2 Å². The molecule has 0 bridgehead atoms. The first-order valence-corrected chi connectivity index (χ1v) is 8.53. The van der Waals surface area contributed by atoms with Crippen LogP contribution in [0.25, 0.3) is 11.1 Å². The number of carbonyl (C=O) groups is 2. The summed E-state index contributed by atoms with van der Waals surface area (Å²) in [6.45, 7) is 7.16. The summed E-state index contributed by atoms with van der Waals surface area (Å²) in [6.07, 6.45) is 0. The predicted molar refractivity (Wildman–Crippen MR) is 105 cm³/mol. The average Bonchev–Trinajstić information content (AvgIpc) is 2.70. The fourth-order valence-electron chi connectivity index (χ4n) is 2.30. The topological polar surface area (TPSA) is 71.1 Å². The van der Waals surface area contributed by atoms with Gasteiger partial charge in [0.25, 0.3) is 0 Å². The van der Waals surface area contributed by atoms with E-state index in [1.807, 2.05) is 0 Å². The molecule has 29 heavy (non-hydrogen) atoms. The highest BCUT2D eigenvalue weighted by atomic mass is 19.1. The van der Waals surface area contributed by atoms with Crippen LogP contribution in [0.3, 0.4) is 0 Å². The highest BCUT2D eigenvalue weighted by molar-refractivity contribution is 5.90. The van der Waals surface area contributed by atoms with E-state index >= 15 is 0 Å². The third-order valence-electron chi connectivity index (χ3n) is 3.75. The Hall–Kier alpha value is -3.29. The van der Waals surface area contributed by atoms with Gasteiger partial charge in [-0.3, -0.25) is 0 Å². The Morgan fingerprint density at radius 1 is 0.828 bits per heavy atom. The minimum atomic E-state index is -0.764. The Balaban J connectivity index is 2.08. The first-order chi connectivity index (χ1) is 13.8. The molecule has 0 aromatic heterocycles. The number of halogens is 1. The Kier molecular flexibility index (Phi) is 7.82. The summed E-state index contributed by atoms with van der Waals surface area (Å²) in [5.74, 6) is -1.95. The van der Waals surface area contributed by atoms with Crippen molar-refractivity contribution in [2.75, 3.05) is 27.4 Å². The molecule has 152 valence electrons. The van der Waals surface area contributed by atoms with E-state index in [0.29, 0.717) is 16.9 Å². The largest absolute Gasteiger partial charge is 0.423 e. The van der Waals surface area contributed by atoms with Crippen molar-refractivity contribution in [1.82, 2.24) is 0 Å². The zero-order chi connectivity index (χ0) is 21.4. The maximum Gasteiger partial charge on any atom is 0.341 e. The van der Waals surface area contributed by atoms with Crippen LogP contribution in [-0.2, 0) is 19.1 Å². The van der Waals surface area contributed by atoms with Gasteiger partial charge in [-0.25, -0.2) is 14.0 Å². The summed E-state index contributed by atoms with van der Waals surface area (Å²) in [6, 6.07) is 10.7. The van der Waals surface area contributed by atoms with Crippen LogP contribution in [0.4, 0.5) is 4.39 Å². The van der Waals surface area contributed by atoms with E-state index in [1.54, 1.807) is 30.3 Å². The molecule has 0 saturated carbocycles. The molecular weight excluding hydrogens is 379 g/mol. The maximum atomic E-state index is 14.3. The van der Waals surface area contributed by atoms with Gasteiger partial charge in [0.1, 0.15) is 5.75 Å².